The van der Waals surface area contributed by atoms with Crippen molar-refractivity contribution in [2.75, 3.05) is 11.9 Å². The van der Waals surface area contributed by atoms with Gasteiger partial charge in [-0.15, -0.1) is 11.3 Å². The molecule has 0 saturated heterocycles. The number of hydrogen-bond acceptors (Lipinski definition) is 5. The maximum absolute atomic E-state index is 13.1. The first kappa shape index (κ1) is 26.5. The van der Waals surface area contributed by atoms with Crippen LogP contribution in [-0.4, -0.2) is 18.4 Å². The van der Waals surface area contributed by atoms with Gasteiger partial charge in [0.2, 0.25) is 0 Å². The summed E-state index contributed by atoms with van der Waals surface area (Å²) in [7, 11) is 0. The summed E-state index contributed by atoms with van der Waals surface area (Å²) < 4.78 is 24.6. The van der Waals surface area contributed by atoms with Gasteiger partial charge in [0.15, 0.2) is 0 Å². The minimum atomic E-state index is -0.432. The Kier molecular flexibility index (Phi) is 9.11. The number of nitrogens with one attached hydrogen (secondary N) is 2. The molecule has 0 atom stereocenters. The Morgan fingerprint density at radius 2 is 1.71 bits per heavy atom. The lowest BCUT2D eigenvalue weighted by molar-refractivity contribution is -0.111. The predicted molar refractivity (Wildman–Crippen MR) is 146 cm³/mol. The van der Waals surface area contributed by atoms with Crippen molar-refractivity contribution >= 4 is 28.8 Å². The van der Waals surface area contributed by atoms with Gasteiger partial charge in [-0.2, -0.15) is 0 Å². The maximum atomic E-state index is 13.1. The van der Waals surface area contributed by atoms with E-state index < -0.39 is 5.91 Å². The highest BCUT2D eigenvalue weighted by Gasteiger charge is 2.11. The molecular formula is C30H25FN2O4S. The summed E-state index contributed by atoms with van der Waals surface area (Å²) in [4.78, 5) is 25.9. The van der Waals surface area contributed by atoms with Crippen LogP contribution in [0.25, 0.3) is 0 Å². The summed E-state index contributed by atoms with van der Waals surface area (Å²) in [6.45, 7) is 2.72. The third-order valence-corrected chi connectivity index (χ3v) is 5.99. The van der Waals surface area contributed by atoms with Crippen LogP contribution in [0.5, 0.6) is 17.2 Å². The van der Waals surface area contributed by atoms with Gasteiger partial charge in [-0.25, -0.2) is 4.39 Å². The van der Waals surface area contributed by atoms with E-state index in [1.165, 1.54) is 35.6 Å². The second kappa shape index (κ2) is 13.1. The standard InChI is InChI=1S/C30H25FN2O4S/c1-2-17-36-28-15-9-24(33-29(34)16-14-27-4-3-18-38-27)19-22(28)20-32-30(35)21-5-10-25(11-6-21)37-26-12-7-23(31)8-13-26/h3-13,15,18-19H,2,17,20H2,1H3,(H,32,35)(H,33,34). The van der Waals surface area contributed by atoms with Crippen LogP contribution in [0.15, 0.2) is 84.2 Å². The number of hydrogen-bond donors (Lipinski definition) is 2. The largest absolute Gasteiger partial charge is 0.493 e. The van der Waals surface area contributed by atoms with Crippen molar-refractivity contribution in [3.05, 3.63) is 106 Å². The zero-order valence-corrected chi connectivity index (χ0v) is 21.4. The van der Waals surface area contributed by atoms with Crippen molar-refractivity contribution in [2.24, 2.45) is 0 Å². The van der Waals surface area contributed by atoms with Gasteiger partial charge in [0.1, 0.15) is 23.1 Å². The fraction of sp³-hybridized carbons (Fsp3) is 0.133. The van der Waals surface area contributed by atoms with Gasteiger partial charge in [0.25, 0.3) is 5.91 Å². The second-order valence-electron chi connectivity index (χ2n) is 8.12. The molecular weight excluding hydrogens is 503 g/mol. The summed E-state index contributed by atoms with van der Waals surface area (Å²) in [5, 5.41) is 7.55. The Morgan fingerprint density at radius 3 is 2.39 bits per heavy atom. The Labute approximate surface area is 224 Å². The highest BCUT2D eigenvalue weighted by molar-refractivity contribution is 7.10. The van der Waals surface area contributed by atoms with Gasteiger partial charge in [-0.1, -0.05) is 13.0 Å². The number of carbonyl (C=O) groups excluding carboxylic acids is 2. The van der Waals surface area contributed by atoms with Crippen LogP contribution in [-0.2, 0) is 11.3 Å². The maximum Gasteiger partial charge on any atom is 0.300 e. The van der Waals surface area contributed by atoms with Gasteiger partial charge < -0.3 is 20.1 Å². The molecule has 0 bridgehead atoms. The first-order chi connectivity index (χ1) is 18.5. The van der Waals surface area contributed by atoms with Crippen LogP contribution in [0, 0.1) is 17.7 Å². The van der Waals surface area contributed by atoms with Gasteiger partial charge in [0.05, 0.1) is 11.5 Å². The van der Waals surface area contributed by atoms with Gasteiger partial charge in [-0.05, 0) is 90.5 Å². The van der Waals surface area contributed by atoms with Crippen LogP contribution < -0.4 is 20.1 Å². The lowest BCUT2D eigenvalue weighted by atomic mass is 10.1. The molecule has 1 heterocycles. The average molecular weight is 529 g/mol. The summed E-state index contributed by atoms with van der Waals surface area (Å²) in [6, 6.07) is 21.3. The smallest absolute Gasteiger partial charge is 0.300 e. The number of thiophene rings is 1. The minimum absolute atomic E-state index is 0.191. The van der Waals surface area contributed by atoms with E-state index >= 15 is 0 Å². The van der Waals surface area contributed by atoms with Crippen LogP contribution >= 0.6 is 11.3 Å². The van der Waals surface area contributed by atoms with E-state index in [-0.39, 0.29) is 18.3 Å². The Balaban J connectivity index is 1.40. The first-order valence-electron chi connectivity index (χ1n) is 11.9. The molecule has 4 rings (SSSR count). The topological polar surface area (TPSA) is 76.7 Å². The minimum Gasteiger partial charge on any atom is -0.493 e. The van der Waals surface area contributed by atoms with E-state index in [0.717, 1.165) is 11.3 Å². The summed E-state index contributed by atoms with van der Waals surface area (Å²) in [6.07, 6.45) is 0.828. The molecule has 0 saturated carbocycles. The number of carbonyl (C=O) groups is 2. The van der Waals surface area contributed by atoms with Crippen molar-refractivity contribution in [1.82, 2.24) is 5.32 Å². The summed E-state index contributed by atoms with van der Waals surface area (Å²) >= 11 is 1.46. The van der Waals surface area contributed by atoms with E-state index in [0.29, 0.717) is 40.7 Å². The normalized spacial score (nSPS) is 10.2. The molecule has 192 valence electrons. The van der Waals surface area contributed by atoms with E-state index in [2.05, 4.69) is 22.5 Å². The van der Waals surface area contributed by atoms with E-state index in [1.807, 2.05) is 24.4 Å². The Bertz CT molecular complexity index is 1440. The molecule has 2 N–H and O–H groups in total. The zero-order chi connectivity index (χ0) is 26.7. The lowest BCUT2D eigenvalue weighted by Crippen LogP contribution is -2.23. The molecule has 6 nitrogen and oxygen atoms in total. The number of halogens is 1. The quantitative estimate of drug-likeness (QED) is 0.247. The third-order valence-electron chi connectivity index (χ3n) is 5.21. The van der Waals surface area contributed by atoms with Crippen molar-refractivity contribution < 1.29 is 23.5 Å². The fourth-order valence-electron chi connectivity index (χ4n) is 3.37. The molecule has 0 unspecified atom stereocenters. The molecule has 0 spiro atoms. The molecule has 3 aromatic carbocycles. The van der Waals surface area contributed by atoms with Crippen molar-refractivity contribution in [3.63, 3.8) is 0 Å². The highest BCUT2D eigenvalue weighted by Crippen LogP contribution is 2.24. The molecule has 0 fully saturated rings. The van der Waals surface area contributed by atoms with Gasteiger partial charge >= 0.3 is 5.91 Å². The molecule has 2 amide bonds. The fourth-order valence-corrected chi connectivity index (χ4v) is 3.94. The van der Waals surface area contributed by atoms with Crippen LogP contribution in [0.3, 0.4) is 0 Å². The van der Waals surface area contributed by atoms with Crippen LogP contribution in [0.2, 0.25) is 0 Å². The number of anilines is 1. The number of benzene rings is 3. The Morgan fingerprint density at radius 1 is 0.974 bits per heavy atom. The predicted octanol–water partition coefficient (Wildman–Crippen LogP) is 6.39. The molecule has 8 heteroatoms. The first-order valence-corrected chi connectivity index (χ1v) is 12.8. The molecule has 1 aromatic heterocycles. The van der Waals surface area contributed by atoms with Gasteiger partial charge in [0, 0.05) is 29.3 Å². The lowest BCUT2D eigenvalue weighted by Gasteiger charge is -2.14. The Hall–Kier alpha value is -4.61. The van der Waals surface area contributed by atoms with Crippen molar-refractivity contribution in [2.45, 2.75) is 19.9 Å². The van der Waals surface area contributed by atoms with Crippen molar-refractivity contribution in [3.8, 4) is 29.1 Å². The summed E-state index contributed by atoms with van der Waals surface area (Å²) in [5.41, 5.74) is 1.71. The second-order valence-corrected chi connectivity index (χ2v) is 9.06. The van der Waals surface area contributed by atoms with E-state index in [1.54, 1.807) is 42.5 Å². The number of amides is 2. The SMILES string of the molecule is CCCOc1ccc(NC(=O)C#Cc2cccs2)cc1CNC(=O)c1ccc(Oc2ccc(F)cc2)cc1. The molecule has 0 aliphatic carbocycles. The van der Waals surface area contributed by atoms with Crippen molar-refractivity contribution in [1.29, 1.82) is 0 Å². The van der Waals surface area contributed by atoms with E-state index in [4.69, 9.17) is 9.47 Å². The van der Waals surface area contributed by atoms with E-state index in [9.17, 15) is 14.0 Å². The van der Waals surface area contributed by atoms with Crippen LogP contribution in [0.4, 0.5) is 10.1 Å². The molecule has 38 heavy (non-hydrogen) atoms. The number of ether oxygens (including phenoxy) is 2. The highest BCUT2D eigenvalue weighted by atomic mass is 32.1. The molecule has 0 aliphatic rings. The number of rotatable bonds is 9. The molecule has 4 aromatic rings. The van der Waals surface area contributed by atoms with Crippen LogP contribution in [0.1, 0.15) is 34.1 Å². The van der Waals surface area contributed by atoms with Gasteiger partial charge in [-0.3, -0.25) is 9.59 Å². The third kappa shape index (κ3) is 7.69. The monoisotopic (exact) mass is 528 g/mol. The zero-order valence-electron chi connectivity index (χ0n) is 20.6. The molecule has 0 aliphatic heterocycles. The summed E-state index contributed by atoms with van der Waals surface area (Å²) in [5.74, 6) is 5.99. The molecule has 0 radical (unpaired) electrons. The average Bonchev–Trinajstić information content (AvgIpc) is 3.45.